The summed E-state index contributed by atoms with van der Waals surface area (Å²) >= 11 is 0. The first kappa shape index (κ1) is 14.3. The Morgan fingerprint density at radius 1 is 1.11 bits per heavy atom. The van der Waals surface area contributed by atoms with E-state index < -0.39 is 23.0 Å². The van der Waals surface area contributed by atoms with Gasteiger partial charge in [-0.1, -0.05) is 0 Å². The number of aliphatic carboxylic acids is 1. The lowest BCUT2D eigenvalue weighted by atomic mass is 9.88. The van der Waals surface area contributed by atoms with Gasteiger partial charge in [0.1, 0.15) is 11.1 Å². The van der Waals surface area contributed by atoms with Crippen molar-refractivity contribution >= 4 is 11.9 Å². The van der Waals surface area contributed by atoms with Crippen molar-refractivity contribution in [1.82, 2.24) is 9.80 Å². The second kappa shape index (κ2) is 4.76. The first-order valence-corrected chi connectivity index (χ1v) is 6.76. The van der Waals surface area contributed by atoms with E-state index in [2.05, 4.69) is 4.90 Å². The molecular formula is C13H22N2O4. The first-order valence-electron chi connectivity index (χ1n) is 6.76. The van der Waals surface area contributed by atoms with Gasteiger partial charge in [-0.2, -0.15) is 0 Å². The largest absolute Gasteiger partial charge is 0.480 e. The minimum atomic E-state index is -1.40. The zero-order valence-corrected chi connectivity index (χ0v) is 11.6. The number of aliphatic hydroxyl groups is 1. The monoisotopic (exact) mass is 270 g/mol. The third-order valence-electron chi connectivity index (χ3n) is 4.56. The van der Waals surface area contributed by atoms with Gasteiger partial charge in [0.25, 0.3) is 5.91 Å². The highest BCUT2D eigenvalue weighted by Gasteiger charge is 2.51. The number of hydrogen-bond donors (Lipinski definition) is 2. The molecule has 1 atom stereocenters. The summed E-state index contributed by atoms with van der Waals surface area (Å²) in [6, 6.07) is 0. The molecule has 0 radical (unpaired) electrons. The zero-order chi connectivity index (χ0) is 14.3. The van der Waals surface area contributed by atoms with Crippen molar-refractivity contribution in [2.75, 3.05) is 26.7 Å². The second-order valence-corrected chi connectivity index (χ2v) is 5.97. The highest BCUT2D eigenvalue weighted by molar-refractivity contribution is 5.91. The van der Waals surface area contributed by atoms with Gasteiger partial charge in [0.2, 0.25) is 0 Å². The smallest absolute Gasteiger partial charge is 0.329 e. The van der Waals surface area contributed by atoms with Crippen molar-refractivity contribution in [3.8, 4) is 0 Å². The number of piperidine rings is 1. The molecule has 0 aliphatic carbocycles. The van der Waals surface area contributed by atoms with Crippen molar-refractivity contribution in [3.05, 3.63) is 0 Å². The Balaban J connectivity index is 2.17. The van der Waals surface area contributed by atoms with Crippen LogP contribution in [-0.4, -0.2) is 69.7 Å². The Morgan fingerprint density at radius 3 is 2.21 bits per heavy atom. The van der Waals surface area contributed by atoms with Gasteiger partial charge in [-0.25, -0.2) is 4.79 Å². The maximum Gasteiger partial charge on any atom is 0.329 e. The summed E-state index contributed by atoms with van der Waals surface area (Å²) in [7, 11) is 1.95. The fraction of sp³-hybridized carbons (Fsp3) is 0.846. The molecule has 2 N–H and O–H groups in total. The van der Waals surface area contributed by atoms with Gasteiger partial charge in [-0.3, -0.25) is 4.79 Å². The van der Waals surface area contributed by atoms with E-state index in [4.69, 9.17) is 0 Å². The molecule has 0 aromatic rings. The van der Waals surface area contributed by atoms with E-state index >= 15 is 0 Å². The van der Waals surface area contributed by atoms with Crippen LogP contribution < -0.4 is 0 Å². The van der Waals surface area contributed by atoms with Crippen LogP contribution in [0.25, 0.3) is 0 Å². The number of likely N-dealkylation sites (tertiary alicyclic amines) is 2. The summed E-state index contributed by atoms with van der Waals surface area (Å²) < 4.78 is 0. The minimum Gasteiger partial charge on any atom is -0.480 e. The lowest BCUT2D eigenvalue weighted by molar-refractivity contribution is -0.168. The quantitative estimate of drug-likeness (QED) is 0.733. The summed E-state index contributed by atoms with van der Waals surface area (Å²) in [6.07, 6.45) is 1.86. The third-order valence-corrected chi connectivity index (χ3v) is 4.56. The summed E-state index contributed by atoms with van der Waals surface area (Å²) in [5.74, 6) is -1.40. The van der Waals surface area contributed by atoms with E-state index in [9.17, 15) is 19.8 Å². The van der Waals surface area contributed by atoms with Crippen LogP contribution in [0.1, 0.15) is 32.6 Å². The fourth-order valence-electron chi connectivity index (χ4n) is 2.96. The number of nitrogens with zero attached hydrogens (tertiary/aromatic N) is 2. The lowest BCUT2D eigenvalue weighted by Crippen LogP contribution is -2.60. The predicted octanol–water partition coefficient (Wildman–Crippen LogP) is -0.0912. The van der Waals surface area contributed by atoms with Crippen LogP contribution in [0.15, 0.2) is 0 Å². The Morgan fingerprint density at radius 2 is 1.68 bits per heavy atom. The number of amides is 1. The van der Waals surface area contributed by atoms with Crippen molar-refractivity contribution in [2.24, 2.45) is 0 Å². The topological polar surface area (TPSA) is 81.1 Å². The molecule has 2 fully saturated rings. The minimum absolute atomic E-state index is 0.370. The van der Waals surface area contributed by atoms with E-state index in [1.165, 1.54) is 4.90 Å². The van der Waals surface area contributed by atoms with Crippen LogP contribution >= 0.6 is 0 Å². The first-order chi connectivity index (χ1) is 8.79. The van der Waals surface area contributed by atoms with Gasteiger partial charge in [-0.15, -0.1) is 0 Å². The summed E-state index contributed by atoms with van der Waals surface area (Å²) in [6.45, 7) is 3.29. The maximum absolute atomic E-state index is 12.5. The number of carbonyl (C=O) groups is 2. The SMILES string of the molecule is CN1CCC(O)(C(=O)N2CCC[C@@]2(C)C(=O)O)CC1. The number of carboxylic acid groups (broad SMARTS) is 1. The van der Waals surface area contributed by atoms with Gasteiger partial charge >= 0.3 is 5.97 Å². The van der Waals surface area contributed by atoms with E-state index in [0.29, 0.717) is 45.3 Å². The Bertz CT molecular complexity index is 390. The summed E-state index contributed by atoms with van der Waals surface area (Å²) in [4.78, 5) is 27.4. The standard InChI is InChI=1S/C13H22N2O4/c1-12(11(17)18)4-3-7-15(12)10(16)13(19)5-8-14(2)9-6-13/h19H,3-9H2,1-2H3,(H,17,18)/t12-/m0/s1. The highest BCUT2D eigenvalue weighted by atomic mass is 16.4. The number of rotatable bonds is 2. The normalized spacial score (nSPS) is 31.4. The second-order valence-electron chi connectivity index (χ2n) is 5.97. The molecule has 2 heterocycles. The fourth-order valence-corrected chi connectivity index (χ4v) is 2.96. The number of hydrogen-bond acceptors (Lipinski definition) is 4. The molecule has 2 aliphatic rings. The van der Waals surface area contributed by atoms with Gasteiger partial charge in [-0.05, 0) is 39.7 Å². The van der Waals surface area contributed by atoms with Crippen molar-refractivity contribution in [2.45, 2.75) is 43.7 Å². The average Bonchev–Trinajstić information content (AvgIpc) is 2.76. The molecule has 0 unspecified atom stereocenters. The molecule has 6 heteroatoms. The van der Waals surface area contributed by atoms with E-state index in [1.807, 2.05) is 7.05 Å². The van der Waals surface area contributed by atoms with Crippen LogP contribution in [-0.2, 0) is 9.59 Å². The molecule has 6 nitrogen and oxygen atoms in total. The molecule has 2 saturated heterocycles. The zero-order valence-electron chi connectivity index (χ0n) is 11.6. The maximum atomic E-state index is 12.5. The number of carboxylic acids is 1. The third kappa shape index (κ3) is 2.34. The Labute approximate surface area is 113 Å². The van der Waals surface area contributed by atoms with E-state index in [-0.39, 0.29) is 0 Å². The molecule has 19 heavy (non-hydrogen) atoms. The molecule has 0 aromatic heterocycles. The molecule has 0 saturated carbocycles. The lowest BCUT2D eigenvalue weighted by Gasteiger charge is -2.41. The van der Waals surface area contributed by atoms with Gasteiger partial charge < -0.3 is 20.0 Å². The summed E-state index contributed by atoms with van der Waals surface area (Å²) in [5, 5.41) is 19.9. The highest BCUT2D eigenvalue weighted by Crippen LogP contribution is 2.34. The van der Waals surface area contributed by atoms with E-state index in [0.717, 1.165) is 0 Å². The molecule has 0 spiro atoms. The molecule has 2 rings (SSSR count). The molecule has 108 valence electrons. The van der Waals surface area contributed by atoms with Crippen molar-refractivity contribution in [1.29, 1.82) is 0 Å². The van der Waals surface area contributed by atoms with Crippen LogP contribution in [0.4, 0.5) is 0 Å². The van der Waals surface area contributed by atoms with Crippen molar-refractivity contribution in [3.63, 3.8) is 0 Å². The van der Waals surface area contributed by atoms with Crippen LogP contribution in [0.3, 0.4) is 0 Å². The van der Waals surface area contributed by atoms with Crippen LogP contribution in [0.5, 0.6) is 0 Å². The molecule has 1 amide bonds. The molecule has 0 aromatic carbocycles. The molecule has 2 aliphatic heterocycles. The van der Waals surface area contributed by atoms with E-state index in [1.54, 1.807) is 6.92 Å². The number of carbonyl (C=O) groups excluding carboxylic acids is 1. The van der Waals surface area contributed by atoms with Gasteiger partial charge in [0.15, 0.2) is 0 Å². The Kier molecular flexibility index (Phi) is 3.57. The molecular weight excluding hydrogens is 248 g/mol. The van der Waals surface area contributed by atoms with Crippen LogP contribution in [0.2, 0.25) is 0 Å². The average molecular weight is 270 g/mol. The summed E-state index contributed by atoms with van der Waals surface area (Å²) in [5.41, 5.74) is -2.57. The van der Waals surface area contributed by atoms with Crippen LogP contribution in [0, 0.1) is 0 Å². The van der Waals surface area contributed by atoms with Gasteiger partial charge in [0.05, 0.1) is 0 Å². The van der Waals surface area contributed by atoms with Gasteiger partial charge in [0, 0.05) is 19.6 Å². The molecule has 0 bridgehead atoms. The predicted molar refractivity (Wildman–Crippen MR) is 68.7 cm³/mol. The Hall–Kier alpha value is -1.14. The van der Waals surface area contributed by atoms with Crippen molar-refractivity contribution < 1.29 is 19.8 Å².